The second kappa shape index (κ2) is 5.57. The average molecular weight is 251 g/mol. The van der Waals surface area contributed by atoms with E-state index in [0.29, 0.717) is 0 Å². The molecule has 0 bridgehead atoms. The van der Waals surface area contributed by atoms with E-state index < -0.39 is 11.6 Å². The van der Waals surface area contributed by atoms with Crippen molar-refractivity contribution in [1.82, 2.24) is 14.9 Å². The van der Waals surface area contributed by atoms with E-state index in [0.717, 1.165) is 0 Å². The number of carbonyl (C=O) groups is 2. The van der Waals surface area contributed by atoms with Gasteiger partial charge in [-0.05, 0) is 20.8 Å². The van der Waals surface area contributed by atoms with Gasteiger partial charge in [-0.1, -0.05) is 0 Å². The zero-order valence-corrected chi connectivity index (χ0v) is 11.0. The van der Waals surface area contributed by atoms with E-state index in [4.69, 9.17) is 0 Å². The molecule has 98 valence electrons. The summed E-state index contributed by atoms with van der Waals surface area (Å²) in [6.07, 6.45) is 3.76. The first-order valence-corrected chi connectivity index (χ1v) is 5.51. The number of hydrogen-bond donors (Lipinski definition) is 0. The summed E-state index contributed by atoms with van der Waals surface area (Å²) in [5.74, 6) is -0.275. The highest BCUT2D eigenvalue weighted by molar-refractivity contribution is 5.97. The molecule has 0 saturated heterocycles. The van der Waals surface area contributed by atoms with Crippen molar-refractivity contribution in [2.45, 2.75) is 26.3 Å². The number of aromatic nitrogens is 2. The molecule has 1 amide bonds. The lowest BCUT2D eigenvalue weighted by atomic mass is 10.1. The molecule has 1 rings (SSSR count). The summed E-state index contributed by atoms with van der Waals surface area (Å²) in [6, 6.07) is 0. The maximum Gasteiger partial charge on any atom is 0.410 e. The third kappa shape index (κ3) is 3.51. The van der Waals surface area contributed by atoms with Crippen LogP contribution in [0.15, 0.2) is 18.6 Å². The summed E-state index contributed by atoms with van der Waals surface area (Å²) in [5.41, 5.74) is -0.277. The van der Waals surface area contributed by atoms with Gasteiger partial charge in [0, 0.05) is 17.9 Å². The highest BCUT2D eigenvalue weighted by Gasteiger charge is 2.29. The molecular formula is C12H17N3O3. The van der Waals surface area contributed by atoms with Gasteiger partial charge in [0.15, 0.2) is 0 Å². The van der Waals surface area contributed by atoms with Crippen LogP contribution in [0.1, 0.15) is 31.3 Å². The molecule has 1 aromatic rings. The van der Waals surface area contributed by atoms with Crippen molar-refractivity contribution in [1.29, 1.82) is 0 Å². The van der Waals surface area contributed by atoms with Crippen LogP contribution in [-0.4, -0.2) is 45.9 Å². The topological polar surface area (TPSA) is 72.4 Å². The quantitative estimate of drug-likeness (QED) is 0.762. The highest BCUT2D eigenvalue weighted by Crippen LogP contribution is 2.15. The molecule has 0 aliphatic rings. The molecule has 18 heavy (non-hydrogen) atoms. The van der Waals surface area contributed by atoms with Crippen molar-refractivity contribution in [2.75, 3.05) is 13.7 Å². The smallest absolute Gasteiger partial charge is 0.410 e. The number of nitrogens with zero attached hydrogens (tertiary/aromatic N) is 3. The molecule has 0 spiro atoms. The van der Waals surface area contributed by atoms with Crippen molar-refractivity contribution < 1.29 is 14.3 Å². The summed E-state index contributed by atoms with van der Waals surface area (Å²) >= 11 is 0. The predicted molar refractivity (Wildman–Crippen MR) is 65.2 cm³/mol. The second-order valence-electron chi connectivity index (χ2n) is 4.74. The van der Waals surface area contributed by atoms with Gasteiger partial charge in [-0.3, -0.25) is 14.7 Å². The van der Waals surface area contributed by atoms with Crippen LogP contribution in [0.3, 0.4) is 0 Å². The Morgan fingerprint density at radius 2 is 2.00 bits per heavy atom. The van der Waals surface area contributed by atoms with Crippen LogP contribution in [0.2, 0.25) is 0 Å². The first kappa shape index (κ1) is 14.1. The molecule has 0 radical (unpaired) electrons. The van der Waals surface area contributed by atoms with Crippen molar-refractivity contribution in [3.8, 4) is 0 Å². The van der Waals surface area contributed by atoms with Crippen molar-refractivity contribution in [3.63, 3.8) is 0 Å². The fourth-order valence-electron chi connectivity index (χ4n) is 1.35. The molecule has 1 aromatic heterocycles. The largest absolute Gasteiger partial charge is 0.453 e. The Morgan fingerprint density at radius 3 is 2.44 bits per heavy atom. The molecule has 6 nitrogen and oxygen atoms in total. The van der Waals surface area contributed by atoms with Gasteiger partial charge in [-0.25, -0.2) is 9.78 Å². The Labute approximate surface area is 106 Å². The van der Waals surface area contributed by atoms with Crippen LogP contribution in [-0.2, 0) is 4.74 Å². The highest BCUT2D eigenvalue weighted by atomic mass is 16.5. The summed E-state index contributed by atoms with van der Waals surface area (Å²) < 4.78 is 4.67. The van der Waals surface area contributed by atoms with Crippen molar-refractivity contribution >= 4 is 11.9 Å². The average Bonchev–Trinajstić information content (AvgIpc) is 2.34. The summed E-state index contributed by atoms with van der Waals surface area (Å²) in [4.78, 5) is 32.7. The van der Waals surface area contributed by atoms with E-state index in [1.807, 2.05) is 20.8 Å². The summed E-state index contributed by atoms with van der Waals surface area (Å²) in [5, 5.41) is 0. The molecule has 0 saturated carbocycles. The molecule has 0 aromatic carbocycles. The van der Waals surface area contributed by atoms with E-state index in [-0.39, 0.29) is 18.0 Å². The fourth-order valence-corrected chi connectivity index (χ4v) is 1.35. The van der Waals surface area contributed by atoms with E-state index >= 15 is 0 Å². The van der Waals surface area contributed by atoms with Gasteiger partial charge in [-0.2, -0.15) is 0 Å². The van der Waals surface area contributed by atoms with Crippen LogP contribution in [0.5, 0.6) is 0 Å². The number of hydrogen-bond acceptors (Lipinski definition) is 5. The van der Waals surface area contributed by atoms with Crippen LogP contribution in [0, 0.1) is 0 Å². The number of methoxy groups -OCH3 is 1. The lowest BCUT2D eigenvalue weighted by Crippen LogP contribution is -2.48. The van der Waals surface area contributed by atoms with Crippen LogP contribution >= 0.6 is 0 Å². The Hall–Kier alpha value is -1.98. The minimum Gasteiger partial charge on any atom is -0.453 e. The van der Waals surface area contributed by atoms with E-state index in [1.54, 1.807) is 0 Å². The van der Waals surface area contributed by atoms with Crippen LogP contribution in [0.4, 0.5) is 4.79 Å². The Balaban J connectivity index is 2.86. The van der Waals surface area contributed by atoms with Gasteiger partial charge >= 0.3 is 6.09 Å². The molecule has 0 N–H and O–H groups in total. The minimum absolute atomic E-state index is 0.0884. The normalized spacial score (nSPS) is 10.9. The predicted octanol–water partition coefficient (Wildman–Crippen LogP) is 1.53. The van der Waals surface area contributed by atoms with Crippen LogP contribution < -0.4 is 0 Å². The number of carbonyl (C=O) groups excluding carboxylic acids is 2. The zero-order chi connectivity index (χ0) is 13.8. The van der Waals surface area contributed by atoms with E-state index in [1.165, 1.54) is 30.6 Å². The van der Waals surface area contributed by atoms with Crippen LogP contribution in [0.25, 0.3) is 0 Å². The molecule has 6 heteroatoms. The standard InChI is InChI=1S/C12H17N3O3/c1-12(2,3)15(11(17)18-4)8-10(16)9-7-13-5-6-14-9/h5-7H,8H2,1-4H3. The molecule has 1 heterocycles. The minimum atomic E-state index is -0.542. The lowest BCUT2D eigenvalue weighted by molar-refractivity contribution is 0.0692. The first-order valence-electron chi connectivity index (χ1n) is 5.51. The summed E-state index contributed by atoms with van der Waals surface area (Å²) in [6.45, 7) is 5.39. The van der Waals surface area contributed by atoms with E-state index in [2.05, 4.69) is 14.7 Å². The van der Waals surface area contributed by atoms with Crippen molar-refractivity contribution in [2.24, 2.45) is 0 Å². The molecule has 0 aliphatic carbocycles. The first-order chi connectivity index (χ1) is 8.36. The van der Waals surface area contributed by atoms with Gasteiger partial charge in [0.05, 0.1) is 19.9 Å². The maximum atomic E-state index is 12.0. The molecule has 0 atom stereocenters. The lowest BCUT2D eigenvalue weighted by Gasteiger charge is -2.33. The fraction of sp³-hybridized carbons (Fsp3) is 0.500. The van der Waals surface area contributed by atoms with Gasteiger partial charge < -0.3 is 4.74 Å². The molecule has 0 aliphatic heterocycles. The number of ether oxygens (including phenoxy) is 1. The Morgan fingerprint density at radius 1 is 1.33 bits per heavy atom. The third-order valence-corrected chi connectivity index (χ3v) is 2.36. The Kier molecular flexibility index (Phi) is 4.36. The molecule has 0 unspecified atom stereocenters. The number of ketones is 1. The SMILES string of the molecule is COC(=O)N(CC(=O)c1cnccn1)C(C)(C)C. The number of Topliss-reactive ketones (excluding diaryl/α,β-unsaturated/α-hetero) is 1. The van der Waals surface area contributed by atoms with Crippen molar-refractivity contribution in [3.05, 3.63) is 24.3 Å². The monoisotopic (exact) mass is 251 g/mol. The van der Waals surface area contributed by atoms with Gasteiger partial charge in [0.1, 0.15) is 5.69 Å². The maximum absolute atomic E-state index is 12.0. The zero-order valence-electron chi connectivity index (χ0n) is 11.0. The number of amides is 1. The summed E-state index contributed by atoms with van der Waals surface area (Å²) in [7, 11) is 1.29. The number of rotatable bonds is 3. The molecule has 0 fully saturated rings. The third-order valence-electron chi connectivity index (χ3n) is 2.36. The van der Waals surface area contributed by atoms with Gasteiger partial charge in [0.25, 0.3) is 0 Å². The van der Waals surface area contributed by atoms with Gasteiger partial charge in [0.2, 0.25) is 5.78 Å². The Bertz CT molecular complexity index is 426. The van der Waals surface area contributed by atoms with Gasteiger partial charge in [-0.15, -0.1) is 0 Å². The molecular weight excluding hydrogens is 234 g/mol. The van der Waals surface area contributed by atoms with E-state index in [9.17, 15) is 9.59 Å². The second-order valence-corrected chi connectivity index (χ2v) is 4.74.